The first-order valence-electron chi connectivity index (χ1n) is 9.65. The molecule has 3 nitrogen and oxygen atoms in total. The van der Waals surface area contributed by atoms with Crippen LogP contribution < -0.4 is 0 Å². The molecule has 2 aromatic rings. The number of halogens is 1. The quantitative estimate of drug-likeness (QED) is 0.781. The summed E-state index contributed by atoms with van der Waals surface area (Å²) in [4.78, 5) is 18.1. The highest BCUT2D eigenvalue weighted by molar-refractivity contribution is 5.84. The monoisotopic (exact) mass is 344 g/mol. The summed E-state index contributed by atoms with van der Waals surface area (Å²) < 4.78 is 13.3. The van der Waals surface area contributed by atoms with E-state index in [9.17, 15) is 9.18 Å². The number of nitrogens with one attached hydrogen (secondary N) is 1. The summed E-state index contributed by atoms with van der Waals surface area (Å²) in [6.07, 6.45) is 8.97. The van der Waals surface area contributed by atoms with Crippen molar-refractivity contribution in [2.75, 3.05) is 6.54 Å². The number of H-pyrrole nitrogens is 1. The van der Waals surface area contributed by atoms with Gasteiger partial charge in [-0.05, 0) is 55.4 Å². The zero-order valence-corrected chi connectivity index (χ0v) is 15.4. The lowest BCUT2D eigenvalue weighted by Crippen LogP contribution is -2.47. The van der Waals surface area contributed by atoms with Gasteiger partial charge in [0.05, 0.1) is 0 Å². The van der Waals surface area contributed by atoms with Crippen LogP contribution in [0.4, 0.5) is 4.39 Å². The van der Waals surface area contributed by atoms with Gasteiger partial charge < -0.3 is 9.88 Å². The minimum atomic E-state index is -0.238. The van der Waals surface area contributed by atoms with Crippen LogP contribution in [0.15, 0.2) is 24.4 Å². The summed E-state index contributed by atoms with van der Waals surface area (Å²) in [5.74, 6) is 0.627. The molecule has 2 heterocycles. The predicted octanol–water partition coefficient (Wildman–Crippen LogP) is 5.06. The second kappa shape index (κ2) is 8.03. The minimum absolute atomic E-state index is 0.238. The number of benzene rings is 1. The third-order valence-corrected chi connectivity index (χ3v) is 5.63. The Balaban J connectivity index is 1.65. The van der Waals surface area contributed by atoms with Gasteiger partial charge in [-0.2, -0.15) is 0 Å². The molecule has 3 rings (SSSR count). The Bertz CT molecular complexity index is 724. The Morgan fingerprint density at radius 3 is 3.04 bits per heavy atom. The van der Waals surface area contributed by atoms with Crippen LogP contribution in [0.25, 0.3) is 10.9 Å². The van der Waals surface area contributed by atoms with Crippen LogP contribution in [-0.2, 0) is 11.2 Å². The highest BCUT2D eigenvalue weighted by atomic mass is 19.1. The maximum Gasteiger partial charge on any atom is 0.223 e. The molecule has 1 aliphatic rings. The average molecular weight is 344 g/mol. The molecule has 1 fully saturated rings. The number of carbonyl (C=O) groups is 1. The van der Waals surface area contributed by atoms with E-state index in [1.54, 1.807) is 6.07 Å². The number of fused-ring (bicyclic) bond motifs is 1. The number of hydrogen-bond donors (Lipinski definition) is 1. The summed E-state index contributed by atoms with van der Waals surface area (Å²) in [6.45, 7) is 5.39. The average Bonchev–Trinajstić information content (AvgIpc) is 3.00. The summed E-state index contributed by atoms with van der Waals surface area (Å²) in [6, 6.07) is 5.19. The van der Waals surface area contributed by atoms with E-state index in [0.717, 1.165) is 35.9 Å². The van der Waals surface area contributed by atoms with E-state index in [1.165, 1.54) is 31.4 Å². The number of aryl methyl sites for hydroxylation is 1. The van der Waals surface area contributed by atoms with Gasteiger partial charge in [0.1, 0.15) is 5.82 Å². The fourth-order valence-electron chi connectivity index (χ4n) is 4.16. The molecule has 0 aliphatic carbocycles. The molecule has 1 amide bonds. The molecule has 25 heavy (non-hydrogen) atoms. The first kappa shape index (κ1) is 18.0. The summed E-state index contributed by atoms with van der Waals surface area (Å²) in [5, 5.41) is 1.02. The number of hydrogen-bond acceptors (Lipinski definition) is 1. The van der Waals surface area contributed by atoms with Gasteiger partial charge in [-0.3, -0.25) is 4.79 Å². The SMILES string of the molecule is CCCCC1C(C)CCCN1C(=O)CCc1c[nH]c2cc(F)ccc12. The van der Waals surface area contributed by atoms with Crippen molar-refractivity contribution < 1.29 is 9.18 Å². The predicted molar refractivity (Wildman–Crippen MR) is 100 cm³/mol. The number of aromatic nitrogens is 1. The van der Waals surface area contributed by atoms with Crippen LogP contribution in [0, 0.1) is 11.7 Å². The van der Waals surface area contributed by atoms with E-state index in [4.69, 9.17) is 0 Å². The van der Waals surface area contributed by atoms with E-state index in [2.05, 4.69) is 23.7 Å². The number of aromatic amines is 1. The van der Waals surface area contributed by atoms with Crippen LogP contribution in [-0.4, -0.2) is 28.4 Å². The smallest absolute Gasteiger partial charge is 0.223 e. The lowest BCUT2D eigenvalue weighted by molar-refractivity contribution is -0.136. The molecule has 1 aromatic carbocycles. The maximum absolute atomic E-state index is 13.3. The molecular formula is C21H29FN2O. The molecule has 2 atom stereocenters. The van der Waals surface area contributed by atoms with Crippen molar-refractivity contribution in [2.45, 2.75) is 64.8 Å². The van der Waals surface area contributed by atoms with Crippen LogP contribution in [0.2, 0.25) is 0 Å². The molecule has 2 unspecified atom stereocenters. The molecular weight excluding hydrogens is 315 g/mol. The van der Waals surface area contributed by atoms with Gasteiger partial charge >= 0.3 is 0 Å². The Kier molecular flexibility index (Phi) is 5.77. The minimum Gasteiger partial charge on any atom is -0.361 e. The zero-order valence-electron chi connectivity index (χ0n) is 15.4. The lowest BCUT2D eigenvalue weighted by Gasteiger charge is -2.40. The van der Waals surface area contributed by atoms with E-state index in [-0.39, 0.29) is 11.7 Å². The molecule has 0 bridgehead atoms. The highest BCUT2D eigenvalue weighted by Crippen LogP contribution is 2.28. The van der Waals surface area contributed by atoms with E-state index < -0.39 is 0 Å². The second-order valence-electron chi connectivity index (χ2n) is 7.42. The second-order valence-corrected chi connectivity index (χ2v) is 7.42. The molecule has 1 saturated heterocycles. The van der Waals surface area contributed by atoms with Crippen molar-refractivity contribution in [1.29, 1.82) is 0 Å². The Morgan fingerprint density at radius 1 is 1.40 bits per heavy atom. The van der Waals surface area contributed by atoms with Gasteiger partial charge in [0.15, 0.2) is 0 Å². The third kappa shape index (κ3) is 4.05. The largest absolute Gasteiger partial charge is 0.361 e. The van der Waals surface area contributed by atoms with Gasteiger partial charge in [0, 0.05) is 36.1 Å². The Morgan fingerprint density at radius 2 is 2.24 bits per heavy atom. The van der Waals surface area contributed by atoms with Gasteiger partial charge in [-0.25, -0.2) is 4.39 Å². The lowest BCUT2D eigenvalue weighted by atomic mass is 9.87. The zero-order chi connectivity index (χ0) is 17.8. The number of amides is 1. The molecule has 0 saturated carbocycles. The van der Waals surface area contributed by atoms with Gasteiger partial charge in [-0.1, -0.05) is 26.7 Å². The van der Waals surface area contributed by atoms with Gasteiger partial charge in [0.25, 0.3) is 0 Å². The van der Waals surface area contributed by atoms with Crippen molar-refractivity contribution in [2.24, 2.45) is 5.92 Å². The Labute approximate surface area is 149 Å². The first-order valence-corrected chi connectivity index (χ1v) is 9.65. The topological polar surface area (TPSA) is 36.1 Å². The van der Waals surface area contributed by atoms with Crippen LogP contribution in [0.3, 0.4) is 0 Å². The number of rotatable bonds is 6. The van der Waals surface area contributed by atoms with Crippen molar-refractivity contribution in [3.05, 3.63) is 35.8 Å². The fourth-order valence-corrected chi connectivity index (χ4v) is 4.16. The van der Waals surface area contributed by atoms with Crippen molar-refractivity contribution in [3.63, 3.8) is 0 Å². The van der Waals surface area contributed by atoms with Crippen LogP contribution in [0.1, 0.15) is 57.9 Å². The van der Waals surface area contributed by atoms with Crippen molar-refractivity contribution >= 4 is 16.8 Å². The molecule has 1 aliphatic heterocycles. The van der Waals surface area contributed by atoms with E-state index >= 15 is 0 Å². The van der Waals surface area contributed by atoms with Crippen molar-refractivity contribution in [3.8, 4) is 0 Å². The molecule has 136 valence electrons. The molecule has 0 radical (unpaired) electrons. The van der Waals surface area contributed by atoms with E-state index in [1.807, 2.05) is 6.20 Å². The number of nitrogens with zero attached hydrogens (tertiary/aromatic N) is 1. The summed E-state index contributed by atoms with van der Waals surface area (Å²) >= 11 is 0. The van der Waals surface area contributed by atoms with E-state index in [0.29, 0.717) is 24.8 Å². The normalized spacial score (nSPS) is 21.0. The molecule has 0 spiro atoms. The van der Waals surface area contributed by atoms with Gasteiger partial charge in [0.2, 0.25) is 5.91 Å². The number of likely N-dealkylation sites (tertiary alicyclic amines) is 1. The van der Waals surface area contributed by atoms with Crippen molar-refractivity contribution in [1.82, 2.24) is 9.88 Å². The van der Waals surface area contributed by atoms with Crippen LogP contribution >= 0.6 is 0 Å². The third-order valence-electron chi connectivity index (χ3n) is 5.63. The first-order chi connectivity index (χ1) is 12.1. The highest BCUT2D eigenvalue weighted by Gasteiger charge is 2.30. The standard InChI is InChI=1S/C21H29FN2O/c1-3-4-7-20-15(2)6-5-12-24(20)21(25)11-8-16-14-23-19-13-17(22)9-10-18(16)19/h9-10,13-15,20,23H,3-8,11-12H2,1-2H3. The molecule has 4 heteroatoms. The number of carbonyl (C=O) groups excluding carboxylic acids is 1. The summed E-state index contributed by atoms with van der Waals surface area (Å²) in [5.41, 5.74) is 1.90. The Hall–Kier alpha value is -1.84. The molecule has 1 N–H and O–H groups in total. The summed E-state index contributed by atoms with van der Waals surface area (Å²) in [7, 11) is 0. The number of unbranched alkanes of at least 4 members (excludes halogenated alkanes) is 1. The number of piperidine rings is 1. The van der Waals surface area contributed by atoms with Gasteiger partial charge in [-0.15, -0.1) is 0 Å². The molecule has 1 aromatic heterocycles. The van der Waals surface area contributed by atoms with Crippen LogP contribution in [0.5, 0.6) is 0 Å². The fraction of sp³-hybridized carbons (Fsp3) is 0.571. The maximum atomic E-state index is 13.3.